The predicted octanol–water partition coefficient (Wildman–Crippen LogP) is 4.12. The van der Waals surface area contributed by atoms with E-state index in [2.05, 4.69) is 16.8 Å². The molecule has 2 aliphatic rings. The van der Waals surface area contributed by atoms with Crippen LogP contribution in [0.1, 0.15) is 53.6 Å². The average molecular weight is 366 g/mol. The van der Waals surface area contributed by atoms with Gasteiger partial charge in [-0.25, -0.2) is 4.79 Å². The molecule has 1 saturated carbocycles. The monoisotopic (exact) mass is 366 g/mol. The number of ether oxygens (including phenoxy) is 1. The Bertz CT molecular complexity index is 847. The molecule has 0 saturated heterocycles. The van der Waals surface area contributed by atoms with Crippen LogP contribution in [-0.2, 0) is 6.42 Å². The van der Waals surface area contributed by atoms with Crippen molar-refractivity contribution < 1.29 is 14.6 Å². The molecule has 1 N–H and O–H groups in total. The van der Waals surface area contributed by atoms with Gasteiger partial charge in [-0.15, -0.1) is 0 Å². The summed E-state index contributed by atoms with van der Waals surface area (Å²) in [5, 5.41) is 9.43. The molecule has 0 radical (unpaired) electrons. The van der Waals surface area contributed by atoms with E-state index in [0.717, 1.165) is 35.9 Å². The molecule has 1 fully saturated rings. The van der Waals surface area contributed by atoms with Crippen LogP contribution in [0, 0.1) is 5.92 Å². The van der Waals surface area contributed by atoms with Crippen LogP contribution in [0.3, 0.4) is 0 Å². The molecule has 2 unspecified atom stereocenters. The van der Waals surface area contributed by atoms with Crippen molar-refractivity contribution in [2.75, 3.05) is 18.6 Å². The second-order valence-electron chi connectivity index (χ2n) is 7.81. The molecule has 1 aromatic carbocycles. The number of rotatable bonds is 6. The highest BCUT2D eigenvalue weighted by Crippen LogP contribution is 2.44. The van der Waals surface area contributed by atoms with Crippen molar-refractivity contribution in [2.45, 2.75) is 44.6 Å². The van der Waals surface area contributed by atoms with Gasteiger partial charge in [-0.1, -0.05) is 12.5 Å². The molecular weight excluding hydrogens is 340 g/mol. The number of anilines is 1. The zero-order chi connectivity index (χ0) is 19.0. The zero-order valence-corrected chi connectivity index (χ0v) is 15.9. The summed E-state index contributed by atoms with van der Waals surface area (Å²) in [6, 6.07) is 7.97. The first kappa shape index (κ1) is 17.8. The highest BCUT2D eigenvalue weighted by Gasteiger charge is 2.37. The first-order chi connectivity index (χ1) is 13.1. The van der Waals surface area contributed by atoms with Crippen LogP contribution in [0.4, 0.5) is 5.69 Å². The topological polar surface area (TPSA) is 62.7 Å². The normalized spacial score (nSPS) is 21.6. The number of pyridine rings is 1. The summed E-state index contributed by atoms with van der Waals surface area (Å²) in [4.78, 5) is 18.2. The Balaban J connectivity index is 1.66. The van der Waals surface area contributed by atoms with E-state index in [1.54, 1.807) is 19.4 Å². The molecular formula is C22H26N2O3. The Morgan fingerprint density at radius 1 is 1.30 bits per heavy atom. The number of carbonyl (C=O) groups is 1. The lowest BCUT2D eigenvalue weighted by Gasteiger charge is -2.35. The predicted molar refractivity (Wildman–Crippen MR) is 105 cm³/mol. The number of hydrogen-bond donors (Lipinski definition) is 1. The van der Waals surface area contributed by atoms with Crippen LogP contribution >= 0.6 is 0 Å². The van der Waals surface area contributed by atoms with E-state index < -0.39 is 5.97 Å². The summed E-state index contributed by atoms with van der Waals surface area (Å²) < 4.78 is 5.32. The van der Waals surface area contributed by atoms with Crippen LogP contribution in [0.2, 0.25) is 0 Å². The Kier molecular flexibility index (Phi) is 4.77. The maximum atomic E-state index is 11.5. The summed E-state index contributed by atoms with van der Waals surface area (Å²) >= 11 is 0. The summed E-state index contributed by atoms with van der Waals surface area (Å²) in [5.41, 5.74) is 3.85. The number of methoxy groups -OCH3 is 1. The zero-order valence-electron chi connectivity index (χ0n) is 15.9. The molecule has 142 valence electrons. The van der Waals surface area contributed by atoms with Crippen LogP contribution < -0.4 is 9.64 Å². The number of benzene rings is 1. The Hall–Kier alpha value is -2.56. The fraction of sp³-hybridized carbons (Fsp3) is 0.455. The minimum Gasteiger partial charge on any atom is -0.495 e. The maximum Gasteiger partial charge on any atom is 0.335 e. The van der Waals surface area contributed by atoms with Gasteiger partial charge in [-0.3, -0.25) is 4.98 Å². The summed E-state index contributed by atoms with van der Waals surface area (Å²) in [6.45, 7) is 3.28. The van der Waals surface area contributed by atoms with Crippen LogP contribution in [-0.4, -0.2) is 35.8 Å². The van der Waals surface area contributed by atoms with Gasteiger partial charge in [0, 0.05) is 30.4 Å². The van der Waals surface area contributed by atoms with Crippen molar-refractivity contribution in [1.82, 2.24) is 4.98 Å². The molecule has 0 spiro atoms. The second-order valence-corrected chi connectivity index (χ2v) is 7.81. The molecule has 2 atom stereocenters. The van der Waals surface area contributed by atoms with Gasteiger partial charge >= 0.3 is 5.97 Å². The number of aromatic nitrogens is 1. The van der Waals surface area contributed by atoms with Crippen molar-refractivity contribution in [3.8, 4) is 5.75 Å². The summed E-state index contributed by atoms with van der Waals surface area (Å²) in [5.74, 6) is 0.947. The number of aromatic carboxylic acids is 1. The molecule has 5 heteroatoms. The number of carboxylic acids is 1. The van der Waals surface area contributed by atoms with E-state index in [9.17, 15) is 9.90 Å². The lowest BCUT2D eigenvalue weighted by molar-refractivity contribution is 0.0697. The van der Waals surface area contributed by atoms with E-state index in [1.165, 1.54) is 24.8 Å². The summed E-state index contributed by atoms with van der Waals surface area (Å²) in [6.07, 6.45) is 8.36. The van der Waals surface area contributed by atoms with Crippen molar-refractivity contribution in [3.05, 3.63) is 53.3 Å². The van der Waals surface area contributed by atoms with Gasteiger partial charge in [0.05, 0.1) is 18.9 Å². The number of hydrogen-bond acceptors (Lipinski definition) is 4. The van der Waals surface area contributed by atoms with Gasteiger partial charge in [0.1, 0.15) is 5.75 Å². The van der Waals surface area contributed by atoms with Crippen molar-refractivity contribution in [3.63, 3.8) is 0 Å². The largest absolute Gasteiger partial charge is 0.495 e. The van der Waals surface area contributed by atoms with Gasteiger partial charge in [-0.2, -0.15) is 0 Å². The molecule has 5 nitrogen and oxygen atoms in total. The van der Waals surface area contributed by atoms with E-state index >= 15 is 0 Å². The van der Waals surface area contributed by atoms with Gasteiger partial charge in [-0.05, 0) is 61.4 Å². The third-order valence-electron chi connectivity index (χ3n) is 6.20. The quantitative estimate of drug-likeness (QED) is 0.833. The third-order valence-corrected chi connectivity index (χ3v) is 6.20. The fourth-order valence-corrected chi connectivity index (χ4v) is 4.38. The highest BCUT2D eigenvalue weighted by atomic mass is 16.5. The van der Waals surface area contributed by atoms with E-state index in [4.69, 9.17) is 4.74 Å². The molecule has 0 bridgehead atoms. The standard InChI is InChI=1S/C22H26N2O3/c1-14-20(9-16-8-18(27-2)12-23-11-16)19-7-6-17(22(25)26)10-21(19)24(14)13-15-4-3-5-15/h6-8,10-12,14-15,20H,3-5,9,13H2,1-2H3,(H,25,26). The molecule has 1 aromatic heterocycles. The Morgan fingerprint density at radius 2 is 2.11 bits per heavy atom. The SMILES string of the molecule is COc1cncc(CC2c3ccc(C(=O)O)cc3N(CC3CCC3)C2C)c1. The van der Waals surface area contributed by atoms with Crippen LogP contribution in [0.15, 0.2) is 36.7 Å². The first-order valence-electron chi connectivity index (χ1n) is 9.68. The van der Waals surface area contributed by atoms with Crippen LogP contribution in [0.5, 0.6) is 5.75 Å². The first-order valence-corrected chi connectivity index (χ1v) is 9.68. The molecule has 2 aromatic rings. The van der Waals surface area contributed by atoms with Gasteiger partial charge in [0.2, 0.25) is 0 Å². The van der Waals surface area contributed by atoms with Crippen molar-refractivity contribution in [2.24, 2.45) is 5.92 Å². The van der Waals surface area contributed by atoms with E-state index in [0.29, 0.717) is 17.5 Å². The maximum absolute atomic E-state index is 11.5. The van der Waals surface area contributed by atoms with E-state index in [-0.39, 0.29) is 0 Å². The minimum atomic E-state index is -0.866. The molecule has 27 heavy (non-hydrogen) atoms. The van der Waals surface area contributed by atoms with Gasteiger partial charge in [0.25, 0.3) is 0 Å². The third kappa shape index (κ3) is 3.38. The molecule has 4 rings (SSSR count). The lowest BCUT2D eigenvalue weighted by Crippen LogP contribution is -2.38. The minimum absolute atomic E-state index is 0.317. The fourth-order valence-electron chi connectivity index (χ4n) is 4.38. The van der Waals surface area contributed by atoms with E-state index in [1.807, 2.05) is 24.4 Å². The second kappa shape index (κ2) is 7.22. The molecule has 1 aliphatic carbocycles. The van der Waals surface area contributed by atoms with Crippen LogP contribution in [0.25, 0.3) is 0 Å². The smallest absolute Gasteiger partial charge is 0.335 e. The van der Waals surface area contributed by atoms with Crippen molar-refractivity contribution in [1.29, 1.82) is 0 Å². The van der Waals surface area contributed by atoms with Crippen molar-refractivity contribution >= 4 is 11.7 Å². The lowest BCUT2D eigenvalue weighted by atomic mass is 9.84. The number of nitrogens with zero attached hydrogens (tertiary/aromatic N) is 2. The van der Waals surface area contributed by atoms with Gasteiger partial charge < -0.3 is 14.7 Å². The Labute approximate surface area is 160 Å². The number of carboxylic acid groups (broad SMARTS) is 1. The summed E-state index contributed by atoms with van der Waals surface area (Å²) in [7, 11) is 1.65. The number of fused-ring (bicyclic) bond motifs is 1. The average Bonchev–Trinajstić information content (AvgIpc) is 2.89. The molecule has 1 aliphatic heterocycles. The van der Waals surface area contributed by atoms with Gasteiger partial charge in [0.15, 0.2) is 0 Å². The molecule has 0 amide bonds. The highest BCUT2D eigenvalue weighted by molar-refractivity contribution is 5.89. The molecule has 2 heterocycles. The Morgan fingerprint density at radius 3 is 2.78 bits per heavy atom.